The van der Waals surface area contributed by atoms with Crippen molar-refractivity contribution in [3.8, 4) is 0 Å². The molecule has 0 saturated carbocycles. The average molecular weight is 1280 g/mol. The average Bonchev–Trinajstić information content (AvgIpc) is 3.66. The fraction of sp³-hybridized carbons (Fsp3) is 0.953. The van der Waals surface area contributed by atoms with Gasteiger partial charge in [0.1, 0.15) is 0 Å². The Balaban J connectivity index is 3.29. The summed E-state index contributed by atoms with van der Waals surface area (Å²) in [5.41, 5.74) is 0. The molecule has 0 saturated heterocycles. The maximum absolute atomic E-state index is 12.6. The predicted octanol–water partition coefficient (Wildman–Crippen LogP) is 28.2. The molecule has 0 aliphatic rings. The van der Waals surface area contributed by atoms with Gasteiger partial charge in [-0.1, -0.05) is 443 Å². The van der Waals surface area contributed by atoms with Crippen LogP contribution in [0.5, 0.6) is 0 Å². The molecule has 0 heterocycles. The molecule has 6 nitrogen and oxygen atoms in total. The number of carbonyl (C=O) groups is 2. The van der Waals surface area contributed by atoms with Crippen LogP contribution in [0.15, 0.2) is 12.2 Å². The summed E-state index contributed by atoms with van der Waals surface area (Å²) in [6.45, 7) is 5.00. The zero-order valence-corrected chi connectivity index (χ0v) is 62.4. The monoisotopic (exact) mass is 1280 g/mol. The molecule has 1 amide bonds. The molecule has 0 rings (SSSR count). The van der Waals surface area contributed by atoms with E-state index in [1.165, 1.54) is 417 Å². The van der Waals surface area contributed by atoms with E-state index in [9.17, 15) is 19.8 Å². The molecule has 0 radical (unpaired) electrons. The molecule has 6 heteroatoms. The van der Waals surface area contributed by atoms with E-state index in [2.05, 4.69) is 31.3 Å². The summed E-state index contributed by atoms with van der Waals surface area (Å²) in [7, 11) is 0. The van der Waals surface area contributed by atoms with Crippen LogP contribution in [-0.4, -0.2) is 47.4 Å². The predicted molar refractivity (Wildman–Crippen MR) is 403 cm³/mol. The molecular weight excluding hydrogens is 1110 g/mol. The zero-order chi connectivity index (χ0) is 65.6. The van der Waals surface area contributed by atoms with Gasteiger partial charge in [-0.05, 0) is 51.4 Å². The van der Waals surface area contributed by atoms with Crippen molar-refractivity contribution in [2.75, 3.05) is 13.2 Å². The van der Waals surface area contributed by atoms with Gasteiger partial charge in [-0.2, -0.15) is 0 Å². The number of allylic oxidation sites excluding steroid dienone is 2. The van der Waals surface area contributed by atoms with Gasteiger partial charge in [-0.3, -0.25) is 9.59 Å². The first-order valence-corrected chi connectivity index (χ1v) is 42.4. The maximum Gasteiger partial charge on any atom is 0.305 e. The Hall–Kier alpha value is -1.40. The topological polar surface area (TPSA) is 95.9 Å². The van der Waals surface area contributed by atoms with E-state index in [1.807, 2.05) is 0 Å². The van der Waals surface area contributed by atoms with Crippen LogP contribution >= 0.6 is 0 Å². The zero-order valence-electron chi connectivity index (χ0n) is 62.4. The van der Waals surface area contributed by atoms with Gasteiger partial charge >= 0.3 is 5.97 Å². The number of carbonyl (C=O) groups excluding carboxylic acids is 2. The van der Waals surface area contributed by atoms with Crippen LogP contribution in [-0.2, 0) is 14.3 Å². The normalized spacial score (nSPS) is 12.4. The summed E-state index contributed by atoms with van der Waals surface area (Å²) >= 11 is 0. The van der Waals surface area contributed by atoms with Crippen molar-refractivity contribution in [2.24, 2.45) is 0 Å². The lowest BCUT2D eigenvalue weighted by atomic mass is 10.0. The number of hydrogen-bond donors (Lipinski definition) is 3. The number of unbranched alkanes of at least 4 members (excludes halogenated alkanes) is 68. The van der Waals surface area contributed by atoms with Crippen molar-refractivity contribution in [3.63, 3.8) is 0 Å². The Bertz CT molecular complexity index is 1380. The standard InChI is InChI=1S/C85H167NO5/c1-3-5-7-9-11-13-15-17-19-20-21-41-44-47-50-53-57-61-65-69-73-77-83(88)82(81-87)86-84(89)78-74-70-66-62-58-54-51-48-45-42-39-37-35-33-31-29-27-25-23-22-24-26-28-30-32-34-36-38-40-43-46-49-52-56-60-64-68-72-76-80-91-85(90)79-75-71-67-63-59-55-18-16-14-12-10-8-6-4-2/h16,18,82-83,87-88H,3-15,17,19-81H2,1-2H3,(H,86,89)/b18-16-. The number of amides is 1. The third-order valence-corrected chi connectivity index (χ3v) is 20.3. The summed E-state index contributed by atoms with van der Waals surface area (Å²) in [6, 6.07) is -0.537. The Kier molecular flexibility index (Phi) is 79.8. The number of esters is 1. The number of aliphatic hydroxyl groups is 2. The smallest absolute Gasteiger partial charge is 0.305 e. The van der Waals surface area contributed by atoms with Crippen LogP contribution in [0.2, 0.25) is 0 Å². The maximum atomic E-state index is 12.6. The molecule has 0 spiro atoms. The molecule has 0 aromatic heterocycles. The summed E-state index contributed by atoms with van der Waals surface area (Å²) in [4.78, 5) is 24.6. The number of hydrogen-bond acceptors (Lipinski definition) is 5. The van der Waals surface area contributed by atoms with E-state index >= 15 is 0 Å². The summed E-state index contributed by atoms with van der Waals surface area (Å²) in [6.07, 6.45) is 103. The molecule has 3 N–H and O–H groups in total. The molecule has 2 unspecified atom stereocenters. The van der Waals surface area contributed by atoms with Gasteiger partial charge in [0, 0.05) is 12.8 Å². The molecule has 0 aliphatic heterocycles. The molecule has 2 atom stereocenters. The second-order valence-electron chi connectivity index (χ2n) is 29.5. The molecule has 0 aromatic rings. The van der Waals surface area contributed by atoms with Crippen molar-refractivity contribution in [1.29, 1.82) is 0 Å². The van der Waals surface area contributed by atoms with Gasteiger partial charge in [-0.25, -0.2) is 0 Å². The lowest BCUT2D eigenvalue weighted by Gasteiger charge is -2.22. The summed E-state index contributed by atoms with van der Waals surface area (Å²) in [5.74, 6) is -0.00613. The van der Waals surface area contributed by atoms with Crippen LogP contribution in [0.3, 0.4) is 0 Å². The summed E-state index contributed by atoms with van der Waals surface area (Å²) < 4.78 is 5.50. The van der Waals surface area contributed by atoms with E-state index in [-0.39, 0.29) is 18.5 Å². The largest absolute Gasteiger partial charge is 0.466 e. The fourth-order valence-corrected chi connectivity index (χ4v) is 13.9. The van der Waals surface area contributed by atoms with Gasteiger partial charge in [0.2, 0.25) is 5.91 Å². The molecule has 0 bridgehead atoms. The van der Waals surface area contributed by atoms with Crippen LogP contribution in [0.4, 0.5) is 0 Å². The fourth-order valence-electron chi connectivity index (χ4n) is 13.9. The highest BCUT2D eigenvalue weighted by Gasteiger charge is 2.20. The first kappa shape index (κ1) is 89.6. The lowest BCUT2D eigenvalue weighted by Crippen LogP contribution is -2.45. The lowest BCUT2D eigenvalue weighted by molar-refractivity contribution is -0.143. The van der Waals surface area contributed by atoms with Gasteiger partial charge in [-0.15, -0.1) is 0 Å². The van der Waals surface area contributed by atoms with Crippen LogP contribution in [0, 0.1) is 0 Å². The molecule has 0 fully saturated rings. The molecule has 0 aromatic carbocycles. The quantitative estimate of drug-likeness (QED) is 0.0320. The highest BCUT2D eigenvalue weighted by Crippen LogP contribution is 2.21. The second-order valence-corrected chi connectivity index (χ2v) is 29.5. The number of nitrogens with one attached hydrogen (secondary N) is 1. The minimum Gasteiger partial charge on any atom is -0.466 e. The number of ether oxygens (including phenoxy) is 1. The van der Waals surface area contributed by atoms with Crippen molar-refractivity contribution in [1.82, 2.24) is 5.32 Å². The van der Waals surface area contributed by atoms with E-state index < -0.39 is 12.1 Å². The SMILES string of the molecule is CCCCCCC/C=C\CCCCCCCC(=O)OCCCCCCCCCCCCCCCCCCCCCCCCCCCCCCCCCCCCCCCCCC(=O)NC(CO)C(O)CCCCCCCCCCCCCCCCCCCCCCC. The van der Waals surface area contributed by atoms with Crippen molar-refractivity contribution in [2.45, 2.75) is 508 Å². The third-order valence-electron chi connectivity index (χ3n) is 20.3. The molecule has 91 heavy (non-hydrogen) atoms. The van der Waals surface area contributed by atoms with Crippen LogP contribution < -0.4 is 5.32 Å². The first-order valence-electron chi connectivity index (χ1n) is 42.4. The minimum absolute atomic E-state index is 0.0167. The second kappa shape index (κ2) is 81.0. The van der Waals surface area contributed by atoms with Gasteiger partial charge < -0.3 is 20.3 Å². The highest BCUT2D eigenvalue weighted by molar-refractivity contribution is 5.76. The Morgan fingerprint density at radius 1 is 0.297 bits per heavy atom. The first-order chi connectivity index (χ1) is 45.0. The van der Waals surface area contributed by atoms with Crippen LogP contribution in [0.25, 0.3) is 0 Å². The Morgan fingerprint density at radius 3 is 0.780 bits per heavy atom. The Labute approximate surface area is 571 Å². The molecule has 0 aliphatic carbocycles. The van der Waals surface area contributed by atoms with Crippen LogP contribution in [0.1, 0.15) is 495 Å². The highest BCUT2D eigenvalue weighted by atomic mass is 16.5. The molecule has 542 valence electrons. The van der Waals surface area contributed by atoms with E-state index in [1.54, 1.807) is 0 Å². The van der Waals surface area contributed by atoms with Crippen molar-refractivity contribution < 1.29 is 24.5 Å². The van der Waals surface area contributed by atoms with Gasteiger partial charge in [0.15, 0.2) is 0 Å². The van der Waals surface area contributed by atoms with Gasteiger partial charge in [0.05, 0.1) is 25.4 Å². The van der Waals surface area contributed by atoms with E-state index in [4.69, 9.17) is 4.74 Å². The minimum atomic E-state index is -0.660. The summed E-state index contributed by atoms with van der Waals surface area (Å²) in [5, 5.41) is 23.5. The number of aliphatic hydroxyl groups excluding tert-OH is 2. The third kappa shape index (κ3) is 77.5. The molecular formula is C85H167NO5. The Morgan fingerprint density at radius 2 is 0.516 bits per heavy atom. The number of rotatable bonds is 81. The van der Waals surface area contributed by atoms with Crippen molar-refractivity contribution >= 4 is 11.9 Å². The van der Waals surface area contributed by atoms with Gasteiger partial charge in [0.25, 0.3) is 0 Å². The van der Waals surface area contributed by atoms with E-state index in [0.29, 0.717) is 25.9 Å². The van der Waals surface area contributed by atoms with E-state index in [0.717, 1.165) is 44.9 Å². The van der Waals surface area contributed by atoms with Crippen molar-refractivity contribution in [3.05, 3.63) is 12.2 Å².